The highest BCUT2D eigenvalue weighted by Crippen LogP contribution is 2.16. The average Bonchev–Trinajstić information content (AvgIpc) is 2.28. The molecule has 4 heteroatoms. The number of carboxylic acids is 1. The molecular weight excluding hydrogens is 206 g/mol. The van der Waals surface area contributed by atoms with Gasteiger partial charge in [-0.2, -0.15) is 0 Å². The summed E-state index contributed by atoms with van der Waals surface area (Å²) in [4.78, 5) is 12.7. The second-order valence-electron chi connectivity index (χ2n) is 4.70. The highest BCUT2D eigenvalue weighted by Gasteiger charge is 2.18. The lowest BCUT2D eigenvalue weighted by atomic mass is 9.99. The smallest absolute Gasteiger partial charge is 0.303 e. The molecule has 0 aromatic heterocycles. The second kappa shape index (κ2) is 7.63. The standard InChI is InChI=1S/C12H23NO3/c14-10-11-5-4-8-13(9-11)7-3-1-2-6-12(15)16/h11,14H,1-10H2,(H,15,16). The van der Waals surface area contributed by atoms with Crippen molar-refractivity contribution in [1.29, 1.82) is 0 Å². The summed E-state index contributed by atoms with van der Waals surface area (Å²) in [6.07, 6.45) is 5.47. The number of hydrogen-bond donors (Lipinski definition) is 2. The number of rotatable bonds is 7. The summed E-state index contributed by atoms with van der Waals surface area (Å²) >= 11 is 0. The molecular formula is C12H23NO3. The molecule has 94 valence electrons. The molecule has 1 atom stereocenters. The molecule has 1 saturated heterocycles. The predicted octanol–water partition coefficient (Wildman–Crippen LogP) is 1.34. The largest absolute Gasteiger partial charge is 0.481 e. The summed E-state index contributed by atoms with van der Waals surface area (Å²) in [6.45, 7) is 3.50. The molecule has 0 spiro atoms. The van der Waals surface area contributed by atoms with E-state index in [1.54, 1.807) is 0 Å². The van der Waals surface area contributed by atoms with Gasteiger partial charge in [0.25, 0.3) is 0 Å². The molecule has 0 bridgehead atoms. The van der Waals surface area contributed by atoms with Crippen LogP contribution in [0.5, 0.6) is 0 Å². The number of nitrogens with zero attached hydrogens (tertiary/aromatic N) is 1. The lowest BCUT2D eigenvalue weighted by molar-refractivity contribution is -0.137. The van der Waals surface area contributed by atoms with Gasteiger partial charge in [0.2, 0.25) is 0 Å². The average molecular weight is 229 g/mol. The molecule has 0 aromatic rings. The van der Waals surface area contributed by atoms with E-state index in [2.05, 4.69) is 4.90 Å². The van der Waals surface area contributed by atoms with E-state index in [0.29, 0.717) is 18.9 Å². The van der Waals surface area contributed by atoms with Crippen molar-refractivity contribution in [3.63, 3.8) is 0 Å². The number of hydrogen-bond acceptors (Lipinski definition) is 3. The van der Waals surface area contributed by atoms with Gasteiger partial charge in [-0.1, -0.05) is 6.42 Å². The Labute approximate surface area is 97.3 Å². The molecule has 4 nitrogen and oxygen atoms in total. The molecule has 16 heavy (non-hydrogen) atoms. The third kappa shape index (κ3) is 5.47. The van der Waals surface area contributed by atoms with Gasteiger partial charge in [0.15, 0.2) is 0 Å². The van der Waals surface area contributed by atoms with Crippen LogP contribution in [0, 0.1) is 5.92 Å². The fourth-order valence-corrected chi connectivity index (χ4v) is 2.29. The molecule has 1 unspecified atom stereocenters. The van der Waals surface area contributed by atoms with Crippen LogP contribution >= 0.6 is 0 Å². The molecule has 1 heterocycles. The molecule has 2 N–H and O–H groups in total. The fraction of sp³-hybridized carbons (Fsp3) is 0.917. The summed E-state index contributed by atoms with van der Waals surface area (Å²) in [5.74, 6) is -0.244. The van der Waals surface area contributed by atoms with Crippen molar-refractivity contribution in [3.8, 4) is 0 Å². The fourth-order valence-electron chi connectivity index (χ4n) is 2.29. The Bertz CT molecular complexity index is 208. The third-order valence-corrected chi connectivity index (χ3v) is 3.23. The van der Waals surface area contributed by atoms with E-state index < -0.39 is 5.97 Å². The third-order valence-electron chi connectivity index (χ3n) is 3.23. The van der Waals surface area contributed by atoms with E-state index in [0.717, 1.165) is 45.3 Å². The Morgan fingerprint density at radius 1 is 1.31 bits per heavy atom. The summed E-state index contributed by atoms with van der Waals surface area (Å²) in [6, 6.07) is 0. The van der Waals surface area contributed by atoms with Crippen LogP contribution in [-0.2, 0) is 4.79 Å². The monoisotopic (exact) mass is 229 g/mol. The van der Waals surface area contributed by atoms with E-state index in [9.17, 15) is 4.79 Å². The number of aliphatic hydroxyl groups excluding tert-OH is 1. The Hall–Kier alpha value is -0.610. The lowest BCUT2D eigenvalue weighted by Crippen LogP contribution is -2.37. The number of unbranched alkanes of at least 4 members (excludes halogenated alkanes) is 2. The Morgan fingerprint density at radius 2 is 2.12 bits per heavy atom. The number of carboxylic acid groups (broad SMARTS) is 1. The second-order valence-corrected chi connectivity index (χ2v) is 4.70. The van der Waals surface area contributed by atoms with Gasteiger partial charge < -0.3 is 15.1 Å². The molecule has 0 radical (unpaired) electrons. The van der Waals surface area contributed by atoms with Crippen LogP contribution in [0.1, 0.15) is 38.5 Å². The van der Waals surface area contributed by atoms with Crippen LogP contribution in [0.25, 0.3) is 0 Å². The van der Waals surface area contributed by atoms with Crippen molar-refractivity contribution >= 4 is 5.97 Å². The first-order valence-corrected chi connectivity index (χ1v) is 6.27. The summed E-state index contributed by atoms with van der Waals surface area (Å²) in [5.41, 5.74) is 0. The topological polar surface area (TPSA) is 60.8 Å². The summed E-state index contributed by atoms with van der Waals surface area (Å²) < 4.78 is 0. The molecule has 1 fully saturated rings. The minimum absolute atomic E-state index is 0.291. The maximum absolute atomic E-state index is 10.3. The van der Waals surface area contributed by atoms with E-state index in [1.165, 1.54) is 6.42 Å². The van der Waals surface area contributed by atoms with Crippen LogP contribution in [-0.4, -0.2) is 47.3 Å². The quantitative estimate of drug-likeness (QED) is 0.647. The van der Waals surface area contributed by atoms with E-state index in [-0.39, 0.29) is 0 Å². The highest BCUT2D eigenvalue weighted by atomic mass is 16.4. The molecule has 0 aliphatic carbocycles. The van der Waals surface area contributed by atoms with Gasteiger partial charge in [0.1, 0.15) is 0 Å². The van der Waals surface area contributed by atoms with Crippen LogP contribution in [0.4, 0.5) is 0 Å². The van der Waals surface area contributed by atoms with Crippen LogP contribution in [0.2, 0.25) is 0 Å². The van der Waals surface area contributed by atoms with Gasteiger partial charge in [-0.15, -0.1) is 0 Å². The van der Waals surface area contributed by atoms with Crippen molar-refractivity contribution in [3.05, 3.63) is 0 Å². The Balaban J connectivity index is 2.01. The van der Waals surface area contributed by atoms with Crippen molar-refractivity contribution < 1.29 is 15.0 Å². The van der Waals surface area contributed by atoms with Crippen LogP contribution < -0.4 is 0 Å². The molecule has 1 aliphatic rings. The number of likely N-dealkylation sites (tertiary alicyclic amines) is 1. The van der Waals surface area contributed by atoms with Crippen LogP contribution in [0.3, 0.4) is 0 Å². The first-order valence-electron chi connectivity index (χ1n) is 6.27. The molecule has 1 rings (SSSR count). The molecule has 0 amide bonds. The van der Waals surface area contributed by atoms with Crippen molar-refractivity contribution in [2.24, 2.45) is 5.92 Å². The van der Waals surface area contributed by atoms with Gasteiger partial charge in [0.05, 0.1) is 0 Å². The zero-order valence-corrected chi connectivity index (χ0v) is 9.90. The summed E-state index contributed by atoms with van der Waals surface area (Å²) in [7, 11) is 0. The summed E-state index contributed by atoms with van der Waals surface area (Å²) in [5, 5.41) is 17.6. The van der Waals surface area contributed by atoms with Gasteiger partial charge in [-0.05, 0) is 44.7 Å². The Kier molecular flexibility index (Phi) is 6.42. The SMILES string of the molecule is O=C(O)CCCCCN1CCCC(CO)C1. The highest BCUT2D eigenvalue weighted by molar-refractivity contribution is 5.66. The minimum Gasteiger partial charge on any atom is -0.481 e. The van der Waals surface area contributed by atoms with Gasteiger partial charge in [-0.25, -0.2) is 0 Å². The van der Waals surface area contributed by atoms with E-state index >= 15 is 0 Å². The lowest BCUT2D eigenvalue weighted by Gasteiger charge is -2.31. The molecule has 1 aliphatic heterocycles. The van der Waals surface area contributed by atoms with E-state index in [1.807, 2.05) is 0 Å². The first kappa shape index (κ1) is 13.5. The molecule has 0 saturated carbocycles. The zero-order chi connectivity index (χ0) is 11.8. The van der Waals surface area contributed by atoms with Crippen molar-refractivity contribution in [1.82, 2.24) is 4.90 Å². The van der Waals surface area contributed by atoms with Gasteiger partial charge in [0, 0.05) is 19.6 Å². The predicted molar refractivity (Wildman–Crippen MR) is 62.4 cm³/mol. The Morgan fingerprint density at radius 3 is 2.81 bits per heavy atom. The first-order chi connectivity index (χ1) is 7.72. The number of aliphatic carboxylic acids is 1. The van der Waals surface area contributed by atoms with E-state index in [4.69, 9.17) is 10.2 Å². The van der Waals surface area contributed by atoms with Gasteiger partial charge >= 0.3 is 5.97 Å². The maximum atomic E-state index is 10.3. The number of aliphatic hydroxyl groups is 1. The number of carbonyl (C=O) groups is 1. The van der Waals surface area contributed by atoms with Crippen molar-refractivity contribution in [2.45, 2.75) is 38.5 Å². The molecule has 0 aromatic carbocycles. The zero-order valence-electron chi connectivity index (χ0n) is 9.90. The maximum Gasteiger partial charge on any atom is 0.303 e. The number of piperidine rings is 1. The van der Waals surface area contributed by atoms with Crippen molar-refractivity contribution in [2.75, 3.05) is 26.2 Å². The minimum atomic E-state index is -0.696. The normalized spacial score (nSPS) is 22.2. The van der Waals surface area contributed by atoms with Gasteiger partial charge in [-0.3, -0.25) is 4.79 Å². The van der Waals surface area contributed by atoms with Crippen LogP contribution in [0.15, 0.2) is 0 Å².